The van der Waals surface area contributed by atoms with Gasteiger partial charge in [0.15, 0.2) is 0 Å². The minimum atomic E-state index is -3.49. The standard InChI is InChI=1S/C12H19BrN2O3S/c1-15(6-3-7-18-2)19(16,17)12-5-4-10(9-14)8-11(12)13/h4-5,8H,3,6-7,9,14H2,1-2H3. The van der Waals surface area contributed by atoms with Gasteiger partial charge in [-0.05, 0) is 40.0 Å². The van der Waals surface area contributed by atoms with Crippen LogP contribution in [0.5, 0.6) is 0 Å². The van der Waals surface area contributed by atoms with Crippen LogP contribution in [0.3, 0.4) is 0 Å². The predicted molar refractivity (Wildman–Crippen MR) is 78.3 cm³/mol. The first-order valence-electron chi connectivity index (χ1n) is 5.87. The van der Waals surface area contributed by atoms with Crippen LogP contribution < -0.4 is 5.73 Å². The lowest BCUT2D eigenvalue weighted by atomic mass is 10.2. The van der Waals surface area contributed by atoms with Crippen LogP contribution in [0, 0.1) is 0 Å². The minimum Gasteiger partial charge on any atom is -0.385 e. The average Bonchev–Trinajstić information content (AvgIpc) is 2.38. The minimum absolute atomic E-state index is 0.254. The largest absolute Gasteiger partial charge is 0.385 e. The molecule has 0 aliphatic heterocycles. The molecule has 2 N–H and O–H groups in total. The second-order valence-corrected chi connectivity index (χ2v) is 7.01. The van der Waals surface area contributed by atoms with Crippen molar-refractivity contribution in [1.29, 1.82) is 0 Å². The Morgan fingerprint density at radius 2 is 2.11 bits per heavy atom. The van der Waals surface area contributed by atoms with Gasteiger partial charge in [0.1, 0.15) is 0 Å². The third-order valence-electron chi connectivity index (χ3n) is 2.74. The van der Waals surface area contributed by atoms with Crippen LogP contribution in [0.1, 0.15) is 12.0 Å². The molecular formula is C12H19BrN2O3S. The fraction of sp³-hybridized carbons (Fsp3) is 0.500. The SMILES string of the molecule is COCCCN(C)S(=O)(=O)c1ccc(CN)cc1Br. The van der Waals surface area contributed by atoms with Crippen molar-refractivity contribution in [2.24, 2.45) is 5.73 Å². The summed E-state index contributed by atoms with van der Waals surface area (Å²) >= 11 is 3.29. The van der Waals surface area contributed by atoms with E-state index in [0.717, 1.165) is 5.56 Å². The highest BCUT2D eigenvalue weighted by atomic mass is 79.9. The molecule has 1 rings (SSSR count). The molecule has 0 aromatic heterocycles. The smallest absolute Gasteiger partial charge is 0.243 e. The van der Waals surface area contributed by atoms with Crippen molar-refractivity contribution in [3.8, 4) is 0 Å². The highest BCUT2D eigenvalue weighted by Gasteiger charge is 2.22. The van der Waals surface area contributed by atoms with Crippen LogP contribution in [0.4, 0.5) is 0 Å². The molecule has 0 radical (unpaired) electrons. The van der Waals surface area contributed by atoms with Gasteiger partial charge in [-0.1, -0.05) is 6.07 Å². The molecule has 1 aromatic carbocycles. The zero-order valence-corrected chi connectivity index (χ0v) is 13.5. The molecule has 0 atom stereocenters. The van der Waals surface area contributed by atoms with Crippen molar-refractivity contribution in [3.63, 3.8) is 0 Å². The van der Waals surface area contributed by atoms with Gasteiger partial charge in [0, 0.05) is 38.3 Å². The molecule has 0 spiro atoms. The van der Waals surface area contributed by atoms with Gasteiger partial charge in [-0.2, -0.15) is 0 Å². The molecule has 0 bridgehead atoms. The Bertz CT molecular complexity index is 520. The molecular weight excluding hydrogens is 332 g/mol. The van der Waals surface area contributed by atoms with Crippen LogP contribution in [-0.2, 0) is 21.3 Å². The van der Waals surface area contributed by atoms with E-state index in [2.05, 4.69) is 15.9 Å². The number of halogens is 1. The molecule has 0 aliphatic carbocycles. The van der Waals surface area contributed by atoms with Crippen LogP contribution >= 0.6 is 15.9 Å². The number of hydrogen-bond donors (Lipinski definition) is 1. The first kappa shape index (κ1) is 16.6. The quantitative estimate of drug-likeness (QED) is 0.757. The summed E-state index contributed by atoms with van der Waals surface area (Å²) in [5.41, 5.74) is 6.41. The van der Waals surface area contributed by atoms with E-state index >= 15 is 0 Å². The summed E-state index contributed by atoms with van der Waals surface area (Å²) in [5.74, 6) is 0. The Balaban J connectivity index is 2.93. The molecule has 1 aromatic rings. The fourth-order valence-corrected chi connectivity index (χ4v) is 3.89. The van der Waals surface area contributed by atoms with Crippen molar-refractivity contribution in [2.75, 3.05) is 27.3 Å². The maximum Gasteiger partial charge on any atom is 0.243 e. The molecule has 5 nitrogen and oxygen atoms in total. The van der Waals surface area contributed by atoms with Gasteiger partial charge in [0.2, 0.25) is 10.0 Å². The number of methoxy groups -OCH3 is 1. The number of nitrogens with two attached hydrogens (primary N) is 1. The number of benzene rings is 1. The van der Waals surface area contributed by atoms with Crippen LogP contribution in [0.15, 0.2) is 27.6 Å². The molecule has 0 aliphatic rings. The number of sulfonamides is 1. The Hall–Kier alpha value is -0.470. The topological polar surface area (TPSA) is 72.6 Å². The lowest BCUT2D eigenvalue weighted by molar-refractivity contribution is 0.189. The highest BCUT2D eigenvalue weighted by molar-refractivity contribution is 9.10. The average molecular weight is 351 g/mol. The predicted octanol–water partition coefficient (Wildman–Crippen LogP) is 1.56. The van der Waals surface area contributed by atoms with E-state index in [1.165, 1.54) is 4.31 Å². The maximum absolute atomic E-state index is 12.4. The third kappa shape index (κ3) is 4.25. The summed E-state index contributed by atoms with van der Waals surface area (Å²) in [6.45, 7) is 1.33. The van der Waals surface area contributed by atoms with E-state index in [1.54, 1.807) is 32.4 Å². The monoisotopic (exact) mass is 350 g/mol. The molecule has 108 valence electrons. The Morgan fingerprint density at radius 3 is 2.63 bits per heavy atom. The van der Waals surface area contributed by atoms with E-state index < -0.39 is 10.0 Å². The number of hydrogen-bond acceptors (Lipinski definition) is 4. The normalized spacial score (nSPS) is 12.1. The zero-order chi connectivity index (χ0) is 14.5. The summed E-state index contributed by atoms with van der Waals surface area (Å²) < 4.78 is 31.5. The molecule has 7 heteroatoms. The molecule has 0 fully saturated rings. The second-order valence-electron chi connectivity index (χ2n) is 4.14. The van der Waals surface area contributed by atoms with E-state index in [-0.39, 0.29) is 4.90 Å². The maximum atomic E-state index is 12.4. The number of ether oxygens (including phenoxy) is 1. The fourth-order valence-electron chi connectivity index (χ4n) is 1.60. The summed E-state index contributed by atoms with van der Waals surface area (Å²) in [6, 6.07) is 5.03. The number of rotatable bonds is 7. The van der Waals surface area contributed by atoms with E-state index in [1.807, 2.05) is 0 Å². The van der Waals surface area contributed by atoms with Crippen LogP contribution in [-0.4, -0.2) is 40.0 Å². The summed E-state index contributed by atoms with van der Waals surface area (Å²) in [4.78, 5) is 0.254. The first-order chi connectivity index (χ1) is 8.93. The van der Waals surface area contributed by atoms with Gasteiger partial charge >= 0.3 is 0 Å². The lowest BCUT2D eigenvalue weighted by Gasteiger charge is -2.18. The van der Waals surface area contributed by atoms with Crippen molar-refractivity contribution in [1.82, 2.24) is 4.31 Å². The summed E-state index contributed by atoms with van der Waals surface area (Å²) in [6.07, 6.45) is 0.657. The van der Waals surface area contributed by atoms with Crippen molar-refractivity contribution in [3.05, 3.63) is 28.2 Å². The first-order valence-corrected chi connectivity index (χ1v) is 8.10. The van der Waals surface area contributed by atoms with Gasteiger partial charge in [-0.3, -0.25) is 0 Å². The van der Waals surface area contributed by atoms with Gasteiger partial charge in [0.05, 0.1) is 4.90 Å². The van der Waals surface area contributed by atoms with Gasteiger partial charge in [-0.15, -0.1) is 0 Å². The lowest BCUT2D eigenvalue weighted by Crippen LogP contribution is -2.28. The van der Waals surface area contributed by atoms with E-state index in [0.29, 0.717) is 30.6 Å². The van der Waals surface area contributed by atoms with E-state index in [9.17, 15) is 8.42 Å². The summed E-state index contributed by atoms with van der Waals surface area (Å²) in [5, 5.41) is 0. The molecule has 0 saturated heterocycles. The second kappa shape index (κ2) is 7.35. The van der Waals surface area contributed by atoms with Crippen molar-refractivity contribution >= 4 is 26.0 Å². The molecule has 19 heavy (non-hydrogen) atoms. The van der Waals surface area contributed by atoms with Gasteiger partial charge in [0.25, 0.3) is 0 Å². The molecule has 0 unspecified atom stereocenters. The number of nitrogens with zero attached hydrogens (tertiary/aromatic N) is 1. The summed E-state index contributed by atoms with van der Waals surface area (Å²) in [7, 11) is -0.327. The molecule has 0 saturated carbocycles. The Morgan fingerprint density at radius 1 is 1.42 bits per heavy atom. The van der Waals surface area contributed by atoms with Crippen LogP contribution in [0.25, 0.3) is 0 Å². The molecule has 0 heterocycles. The van der Waals surface area contributed by atoms with E-state index in [4.69, 9.17) is 10.5 Å². The Kier molecular flexibility index (Phi) is 6.41. The third-order valence-corrected chi connectivity index (χ3v) is 5.58. The van der Waals surface area contributed by atoms with Crippen molar-refractivity contribution in [2.45, 2.75) is 17.9 Å². The Labute approximate surface area is 122 Å². The van der Waals surface area contributed by atoms with Gasteiger partial charge in [-0.25, -0.2) is 12.7 Å². The van der Waals surface area contributed by atoms with Gasteiger partial charge < -0.3 is 10.5 Å². The van der Waals surface area contributed by atoms with Crippen molar-refractivity contribution < 1.29 is 13.2 Å². The molecule has 0 amide bonds. The highest BCUT2D eigenvalue weighted by Crippen LogP contribution is 2.25. The van der Waals surface area contributed by atoms with Crippen LogP contribution in [0.2, 0.25) is 0 Å². The zero-order valence-electron chi connectivity index (χ0n) is 11.1.